The maximum absolute atomic E-state index is 4.38. The number of nitrogens with zero attached hydrogens (tertiary/aromatic N) is 1. The summed E-state index contributed by atoms with van der Waals surface area (Å²) in [6.45, 7) is 10.2. The lowest BCUT2D eigenvalue weighted by atomic mass is 10.3. The van der Waals surface area contributed by atoms with Crippen LogP contribution in [0.3, 0.4) is 0 Å². The Labute approximate surface area is 122 Å². The lowest BCUT2D eigenvalue weighted by Gasteiger charge is -2.01. The molecule has 0 unspecified atom stereocenters. The predicted molar refractivity (Wildman–Crippen MR) is 89.4 cm³/mol. The number of thioether (sulfide) groups is 1. The van der Waals surface area contributed by atoms with Crippen LogP contribution in [-0.4, -0.2) is 6.21 Å². The van der Waals surface area contributed by atoms with Gasteiger partial charge >= 0.3 is 0 Å². The standard InChI is InChI=1S/C16H15NS2/c1-12-9-10-16(19-12)14(3)18-13(2)11-17-15-7-5-4-6-8-15/h4-11H,2-3H2,1H3. The Kier molecular flexibility index (Phi) is 4.77. The van der Waals surface area contributed by atoms with Gasteiger partial charge in [-0.05, 0) is 31.2 Å². The summed E-state index contributed by atoms with van der Waals surface area (Å²) < 4.78 is 0. The van der Waals surface area contributed by atoms with Gasteiger partial charge in [-0.15, -0.1) is 11.3 Å². The van der Waals surface area contributed by atoms with Gasteiger partial charge in [0.2, 0.25) is 0 Å². The second-order valence-electron chi connectivity index (χ2n) is 4.00. The molecule has 1 nitrogen and oxygen atoms in total. The molecule has 0 aliphatic heterocycles. The molecule has 1 aromatic carbocycles. The van der Waals surface area contributed by atoms with Crippen LogP contribution >= 0.6 is 23.1 Å². The molecule has 0 amide bonds. The Bertz CT molecular complexity index is 609. The first-order chi connectivity index (χ1) is 9.15. The molecule has 1 aromatic heterocycles. The Morgan fingerprint density at radius 1 is 1.16 bits per heavy atom. The van der Waals surface area contributed by atoms with Crippen molar-refractivity contribution >= 4 is 39.9 Å². The summed E-state index contributed by atoms with van der Waals surface area (Å²) in [5, 5.41) is 0. The zero-order valence-corrected chi connectivity index (χ0v) is 12.4. The minimum absolute atomic E-state index is 0.889. The fourth-order valence-electron chi connectivity index (χ4n) is 1.48. The molecule has 96 valence electrons. The monoisotopic (exact) mass is 285 g/mol. The SMILES string of the molecule is C=C(C=Nc1ccccc1)SC(=C)c1ccc(C)s1. The number of para-hydroxylation sites is 1. The fourth-order valence-corrected chi connectivity index (χ4v) is 3.05. The summed E-state index contributed by atoms with van der Waals surface area (Å²) in [7, 11) is 0. The first-order valence-electron chi connectivity index (χ1n) is 5.87. The number of benzene rings is 1. The molecular weight excluding hydrogens is 270 g/mol. The summed E-state index contributed by atoms with van der Waals surface area (Å²) in [6.07, 6.45) is 1.78. The molecule has 0 radical (unpaired) electrons. The van der Waals surface area contributed by atoms with E-state index in [1.54, 1.807) is 29.3 Å². The van der Waals surface area contributed by atoms with Gasteiger partial charge in [-0.1, -0.05) is 43.1 Å². The van der Waals surface area contributed by atoms with E-state index < -0.39 is 0 Å². The van der Waals surface area contributed by atoms with Crippen molar-refractivity contribution in [2.75, 3.05) is 0 Å². The highest BCUT2D eigenvalue weighted by Gasteiger charge is 2.03. The van der Waals surface area contributed by atoms with Gasteiger partial charge < -0.3 is 0 Å². The molecule has 1 heterocycles. The summed E-state index contributed by atoms with van der Waals surface area (Å²) >= 11 is 3.30. The molecule has 3 heteroatoms. The number of allylic oxidation sites excluding steroid dienone is 1. The minimum atomic E-state index is 0.889. The number of aliphatic imine (C=N–C) groups is 1. The Morgan fingerprint density at radius 3 is 2.53 bits per heavy atom. The van der Waals surface area contributed by atoms with E-state index in [1.807, 2.05) is 30.3 Å². The maximum atomic E-state index is 4.38. The average molecular weight is 285 g/mol. The van der Waals surface area contributed by atoms with Gasteiger partial charge in [-0.3, -0.25) is 4.99 Å². The van der Waals surface area contributed by atoms with Gasteiger partial charge in [-0.2, -0.15) is 0 Å². The summed E-state index contributed by atoms with van der Waals surface area (Å²) in [5.41, 5.74) is 0.932. The van der Waals surface area contributed by atoms with Crippen molar-refractivity contribution in [1.82, 2.24) is 0 Å². The third-order valence-electron chi connectivity index (χ3n) is 2.38. The van der Waals surface area contributed by atoms with Crippen molar-refractivity contribution in [2.45, 2.75) is 6.92 Å². The molecule has 0 bridgehead atoms. The Hall–Kier alpha value is -1.58. The third-order valence-corrected chi connectivity index (χ3v) is 4.41. The molecule has 2 rings (SSSR count). The molecule has 19 heavy (non-hydrogen) atoms. The molecule has 2 aromatic rings. The first kappa shape index (κ1) is 13.8. The third kappa shape index (κ3) is 4.23. The van der Waals surface area contributed by atoms with E-state index in [1.165, 1.54) is 9.75 Å². The lowest BCUT2D eigenvalue weighted by molar-refractivity contribution is 1.54. The number of hydrogen-bond donors (Lipinski definition) is 0. The Balaban J connectivity index is 1.95. The van der Waals surface area contributed by atoms with Crippen molar-refractivity contribution in [1.29, 1.82) is 0 Å². The van der Waals surface area contributed by atoms with Crippen molar-refractivity contribution < 1.29 is 0 Å². The predicted octanol–water partition coefficient (Wildman–Crippen LogP) is 5.68. The molecule has 0 fully saturated rings. The summed E-state index contributed by atoms with van der Waals surface area (Å²) in [5.74, 6) is 0. The van der Waals surface area contributed by atoms with Gasteiger partial charge in [0, 0.05) is 25.8 Å². The van der Waals surface area contributed by atoms with E-state index in [0.717, 1.165) is 15.5 Å². The zero-order chi connectivity index (χ0) is 13.7. The smallest absolute Gasteiger partial charge is 0.0630 e. The molecule has 0 spiro atoms. The Morgan fingerprint density at radius 2 is 1.89 bits per heavy atom. The quantitative estimate of drug-likeness (QED) is 0.644. The molecular formula is C16H15NS2. The lowest BCUT2D eigenvalue weighted by Crippen LogP contribution is -1.77. The van der Waals surface area contributed by atoms with E-state index in [9.17, 15) is 0 Å². The maximum Gasteiger partial charge on any atom is 0.0630 e. The van der Waals surface area contributed by atoms with Gasteiger partial charge in [0.25, 0.3) is 0 Å². The number of aryl methyl sites for hydroxylation is 1. The second kappa shape index (κ2) is 6.55. The van der Waals surface area contributed by atoms with Crippen LogP contribution in [-0.2, 0) is 0 Å². The zero-order valence-electron chi connectivity index (χ0n) is 10.8. The van der Waals surface area contributed by atoms with E-state index in [2.05, 4.69) is 37.2 Å². The van der Waals surface area contributed by atoms with Crippen molar-refractivity contribution in [3.8, 4) is 0 Å². The van der Waals surface area contributed by atoms with Gasteiger partial charge in [0.05, 0.1) is 5.69 Å². The number of hydrogen-bond acceptors (Lipinski definition) is 3. The van der Waals surface area contributed by atoms with Crippen molar-refractivity contribution in [3.63, 3.8) is 0 Å². The molecule has 0 saturated heterocycles. The second-order valence-corrected chi connectivity index (χ2v) is 6.50. The van der Waals surface area contributed by atoms with Crippen LogP contribution in [0.25, 0.3) is 4.91 Å². The fraction of sp³-hybridized carbons (Fsp3) is 0.0625. The van der Waals surface area contributed by atoms with Crippen molar-refractivity contribution in [3.05, 3.63) is 70.3 Å². The highest BCUT2D eigenvalue weighted by atomic mass is 32.2. The van der Waals surface area contributed by atoms with E-state index >= 15 is 0 Å². The van der Waals surface area contributed by atoms with Crippen LogP contribution in [0.5, 0.6) is 0 Å². The van der Waals surface area contributed by atoms with Gasteiger partial charge in [-0.25, -0.2) is 0 Å². The van der Waals surface area contributed by atoms with Crippen LogP contribution in [0, 0.1) is 6.92 Å². The molecule has 0 saturated carbocycles. The largest absolute Gasteiger partial charge is 0.256 e. The molecule has 0 aliphatic carbocycles. The van der Waals surface area contributed by atoms with Gasteiger partial charge in [0.1, 0.15) is 0 Å². The van der Waals surface area contributed by atoms with Crippen LogP contribution < -0.4 is 0 Å². The molecule has 0 aliphatic rings. The highest BCUT2D eigenvalue weighted by Crippen LogP contribution is 2.34. The van der Waals surface area contributed by atoms with Crippen LogP contribution in [0.15, 0.2) is 65.5 Å². The van der Waals surface area contributed by atoms with Crippen LogP contribution in [0.2, 0.25) is 0 Å². The minimum Gasteiger partial charge on any atom is -0.256 e. The highest BCUT2D eigenvalue weighted by molar-refractivity contribution is 8.12. The summed E-state index contributed by atoms with van der Waals surface area (Å²) in [6, 6.07) is 14.0. The number of thiophene rings is 1. The van der Waals surface area contributed by atoms with E-state index in [4.69, 9.17) is 0 Å². The average Bonchev–Trinajstić information content (AvgIpc) is 2.84. The van der Waals surface area contributed by atoms with E-state index in [0.29, 0.717) is 0 Å². The first-order valence-corrected chi connectivity index (χ1v) is 7.50. The van der Waals surface area contributed by atoms with Gasteiger partial charge in [0.15, 0.2) is 0 Å². The van der Waals surface area contributed by atoms with E-state index in [-0.39, 0.29) is 0 Å². The topological polar surface area (TPSA) is 12.4 Å². The number of rotatable bonds is 5. The normalized spacial score (nSPS) is 10.8. The molecule has 0 atom stereocenters. The van der Waals surface area contributed by atoms with Crippen LogP contribution in [0.1, 0.15) is 9.75 Å². The van der Waals surface area contributed by atoms with Crippen LogP contribution in [0.4, 0.5) is 5.69 Å². The summed E-state index contributed by atoms with van der Waals surface area (Å²) in [4.78, 5) is 8.76. The van der Waals surface area contributed by atoms with Crippen molar-refractivity contribution in [2.24, 2.45) is 4.99 Å². The molecule has 0 N–H and O–H groups in total.